The molecule has 0 heterocycles. The number of sulfonamides is 1. The molecule has 0 bridgehead atoms. The van der Waals surface area contributed by atoms with Crippen LogP contribution in [0.15, 0.2) is 82.2 Å². The van der Waals surface area contributed by atoms with Crippen molar-refractivity contribution in [1.82, 2.24) is 4.31 Å². The summed E-state index contributed by atoms with van der Waals surface area (Å²) in [5, 5.41) is 13.3. The molecule has 1 atom stereocenters. The van der Waals surface area contributed by atoms with Gasteiger partial charge in [-0.25, -0.2) is 8.42 Å². The van der Waals surface area contributed by atoms with Gasteiger partial charge < -0.3 is 9.85 Å². The first-order chi connectivity index (χ1) is 16.6. The largest absolute Gasteiger partial charge is 0.633 e. The Morgan fingerprint density at radius 1 is 0.886 bits per heavy atom. The van der Waals surface area contributed by atoms with Crippen LogP contribution in [-0.2, 0) is 23.1 Å². The second kappa shape index (κ2) is 12.3. The number of unbranched alkanes of at least 4 members (excludes halogenated alkanes) is 1. The molecule has 0 saturated heterocycles. The summed E-state index contributed by atoms with van der Waals surface area (Å²) in [4.78, 5) is 0.275. The summed E-state index contributed by atoms with van der Waals surface area (Å²) in [6.45, 7) is 8.00. The second-order valence-electron chi connectivity index (χ2n) is 9.24. The number of hydrogen-bond acceptors (Lipinski definition) is 3. The Labute approximate surface area is 218 Å². The standard InChI is InChI=1S/C28H35BrN2O3S/c1-4-31(32,22-25-10-6-5-7-11-25)17-9-8-16-30(21-26-19-23(2)18-24(3)20-26)35(33,34)28-14-12-27(29)13-15-28/h5-7,10-15,18-20H,4,8-9,16-17,21-22H2,1-3H3. The number of quaternary nitrogens is 1. The van der Waals surface area contributed by atoms with E-state index in [9.17, 15) is 13.6 Å². The number of hydrogen-bond donors (Lipinski definition) is 0. The number of halogens is 1. The van der Waals surface area contributed by atoms with Gasteiger partial charge in [-0.05, 0) is 63.4 Å². The minimum absolute atomic E-state index is 0.275. The Balaban J connectivity index is 1.73. The van der Waals surface area contributed by atoms with Crippen LogP contribution in [0.5, 0.6) is 0 Å². The van der Waals surface area contributed by atoms with Crippen LogP contribution in [-0.4, -0.2) is 37.0 Å². The van der Waals surface area contributed by atoms with E-state index in [0.717, 1.165) is 26.7 Å². The maximum Gasteiger partial charge on any atom is 0.243 e. The molecule has 188 valence electrons. The lowest BCUT2D eigenvalue weighted by Gasteiger charge is -2.42. The van der Waals surface area contributed by atoms with Crippen LogP contribution in [0.2, 0.25) is 0 Å². The normalized spacial score (nSPS) is 13.7. The van der Waals surface area contributed by atoms with Gasteiger partial charge in [-0.1, -0.05) is 75.6 Å². The third-order valence-corrected chi connectivity index (χ3v) is 8.59. The molecule has 0 spiro atoms. The molecular weight excluding hydrogens is 524 g/mol. The van der Waals surface area contributed by atoms with Crippen LogP contribution in [0.25, 0.3) is 0 Å². The van der Waals surface area contributed by atoms with Crippen LogP contribution in [0.4, 0.5) is 0 Å². The molecule has 35 heavy (non-hydrogen) atoms. The second-order valence-corrected chi connectivity index (χ2v) is 12.1. The van der Waals surface area contributed by atoms with Gasteiger partial charge in [0.2, 0.25) is 10.0 Å². The fraction of sp³-hybridized carbons (Fsp3) is 0.357. The fourth-order valence-corrected chi connectivity index (χ4v) is 6.09. The topological polar surface area (TPSA) is 60.4 Å². The molecule has 0 radical (unpaired) electrons. The number of benzene rings is 3. The summed E-state index contributed by atoms with van der Waals surface area (Å²) >= 11 is 3.38. The van der Waals surface area contributed by atoms with Gasteiger partial charge in [0.15, 0.2) is 0 Å². The zero-order valence-corrected chi connectivity index (χ0v) is 23.2. The molecule has 0 saturated carbocycles. The zero-order valence-electron chi connectivity index (χ0n) is 20.8. The van der Waals surface area contributed by atoms with Gasteiger partial charge in [0, 0.05) is 23.1 Å². The van der Waals surface area contributed by atoms with Crippen LogP contribution in [0.3, 0.4) is 0 Å². The Kier molecular flexibility index (Phi) is 9.67. The van der Waals surface area contributed by atoms with E-state index in [0.29, 0.717) is 45.6 Å². The average molecular weight is 560 g/mol. The van der Waals surface area contributed by atoms with Crippen molar-refractivity contribution in [2.24, 2.45) is 0 Å². The third-order valence-electron chi connectivity index (χ3n) is 6.20. The quantitative estimate of drug-likeness (QED) is 0.143. The number of rotatable bonds is 12. The zero-order chi connectivity index (χ0) is 25.5. The average Bonchev–Trinajstić information content (AvgIpc) is 2.81. The van der Waals surface area contributed by atoms with E-state index in [4.69, 9.17) is 0 Å². The predicted octanol–water partition coefficient (Wildman–Crippen LogP) is 6.57. The molecule has 0 aromatic heterocycles. The van der Waals surface area contributed by atoms with E-state index in [2.05, 4.69) is 22.0 Å². The van der Waals surface area contributed by atoms with E-state index in [1.807, 2.05) is 63.2 Å². The van der Waals surface area contributed by atoms with Crippen molar-refractivity contribution in [1.29, 1.82) is 0 Å². The van der Waals surface area contributed by atoms with Gasteiger partial charge in [0.1, 0.15) is 6.54 Å². The van der Waals surface area contributed by atoms with Gasteiger partial charge in [0.05, 0.1) is 18.0 Å². The van der Waals surface area contributed by atoms with Crippen LogP contribution >= 0.6 is 15.9 Å². The Bertz CT molecular complexity index is 1180. The predicted molar refractivity (Wildman–Crippen MR) is 146 cm³/mol. The lowest BCUT2D eigenvalue weighted by atomic mass is 10.1. The van der Waals surface area contributed by atoms with Crippen LogP contribution in [0, 0.1) is 19.1 Å². The van der Waals surface area contributed by atoms with Crippen molar-refractivity contribution in [2.45, 2.75) is 51.6 Å². The van der Waals surface area contributed by atoms with Gasteiger partial charge in [0.25, 0.3) is 0 Å². The molecule has 0 aliphatic carbocycles. The SMILES string of the molecule is CC[N+]([O-])(CCCCN(Cc1cc(C)cc(C)c1)S(=O)(=O)c1ccc(Br)cc1)Cc1ccccc1. The number of nitrogens with zero attached hydrogens (tertiary/aromatic N) is 2. The first-order valence-electron chi connectivity index (χ1n) is 12.1. The molecule has 3 rings (SSSR count). The molecule has 0 aliphatic heterocycles. The monoisotopic (exact) mass is 558 g/mol. The summed E-state index contributed by atoms with van der Waals surface area (Å²) in [7, 11) is -3.68. The van der Waals surface area contributed by atoms with E-state index in [1.54, 1.807) is 28.6 Å². The van der Waals surface area contributed by atoms with Crippen molar-refractivity contribution in [3.05, 3.63) is 105 Å². The van der Waals surface area contributed by atoms with E-state index >= 15 is 0 Å². The maximum absolute atomic E-state index is 13.6. The van der Waals surface area contributed by atoms with Gasteiger partial charge >= 0.3 is 0 Å². The van der Waals surface area contributed by atoms with Crippen molar-refractivity contribution in [2.75, 3.05) is 19.6 Å². The highest BCUT2D eigenvalue weighted by molar-refractivity contribution is 9.10. The van der Waals surface area contributed by atoms with E-state index < -0.39 is 10.0 Å². The fourth-order valence-electron chi connectivity index (χ4n) is 4.36. The first kappa shape index (κ1) is 27.6. The summed E-state index contributed by atoms with van der Waals surface area (Å²) in [6.07, 6.45) is 1.28. The molecular formula is C28H35BrN2O3S. The smallest absolute Gasteiger partial charge is 0.243 e. The minimum atomic E-state index is -3.68. The van der Waals surface area contributed by atoms with Crippen molar-refractivity contribution < 1.29 is 13.1 Å². The maximum atomic E-state index is 13.6. The van der Waals surface area contributed by atoms with Crippen LogP contribution < -0.4 is 0 Å². The lowest BCUT2D eigenvalue weighted by molar-refractivity contribution is -0.892. The Morgan fingerprint density at radius 3 is 2.11 bits per heavy atom. The lowest BCUT2D eigenvalue weighted by Crippen LogP contribution is -2.42. The Morgan fingerprint density at radius 2 is 1.51 bits per heavy atom. The number of hydroxylamine groups is 3. The molecule has 5 nitrogen and oxygen atoms in total. The van der Waals surface area contributed by atoms with E-state index in [1.165, 1.54) is 0 Å². The van der Waals surface area contributed by atoms with Crippen molar-refractivity contribution >= 4 is 26.0 Å². The summed E-state index contributed by atoms with van der Waals surface area (Å²) < 4.78 is 29.2. The third kappa shape index (κ3) is 7.98. The van der Waals surface area contributed by atoms with Gasteiger partial charge in [-0.15, -0.1) is 0 Å². The molecule has 3 aromatic rings. The van der Waals surface area contributed by atoms with Crippen molar-refractivity contribution in [3.8, 4) is 0 Å². The summed E-state index contributed by atoms with van der Waals surface area (Å²) in [6, 6.07) is 22.7. The minimum Gasteiger partial charge on any atom is -0.633 e. The Hall–Kier alpha value is -2.03. The molecule has 1 unspecified atom stereocenters. The highest BCUT2D eigenvalue weighted by Gasteiger charge is 2.25. The molecule has 0 aliphatic rings. The number of aryl methyl sites for hydroxylation is 2. The van der Waals surface area contributed by atoms with Crippen LogP contribution in [0.1, 0.15) is 42.0 Å². The highest BCUT2D eigenvalue weighted by atomic mass is 79.9. The molecule has 0 fully saturated rings. The summed E-state index contributed by atoms with van der Waals surface area (Å²) in [5.41, 5.74) is 4.21. The molecule has 0 N–H and O–H groups in total. The summed E-state index contributed by atoms with van der Waals surface area (Å²) in [5.74, 6) is 0. The van der Waals surface area contributed by atoms with Gasteiger partial charge in [-0.2, -0.15) is 4.31 Å². The van der Waals surface area contributed by atoms with E-state index in [-0.39, 0.29) is 9.54 Å². The van der Waals surface area contributed by atoms with Crippen molar-refractivity contribution in [3.63, 3.8) is 0 Å². The first-order valence-corrected chi connectivity index (χ1v) is 14.3. The van der Waals surface area contributed by atoms with Gasteiger partial charge in [-0.3, -0.25) is 0 Å². The highest BCUT2D eigenvalue weighted by Crippen LogP contribution is 2.23. The molecule has 3 aromatic carbocycles. The molecule has 0 amide bonds. The molecule has 7 heteroatoms.